The van der Waals surface area contributed by atoms with Gasteiger partial charge in [-0.2, -0.15) is 0 Å². The van der Waals surface area contributed by atoms with Crippen molar-refractivity contribution in [3.05, 3.63) is 42.0 Å². The number of carbonyl (C=O) groups is 1. The number of aromatic nitrogens is 5. The lowest BCUT2D eigenvalue weighted by Gasteiger charge is -1.94. The van der Waals surface area contributed by atoms with Crippen molar-refractivity contribution in [3.63, 3.8) is 0 Å². The molecule has 0 aliphatic carbocycles. The Bertz CT molecular complexity index is 679. The second-order valence-corrected chi connectivity index (χ2v) is 4.06. The molecule has 6 nitrogen and oxygen atoms in total. The molecule has 2 aromatic heterocycles. The fourth-order valence-electron chi connectivity index (χ4n) is 1.77. The van der Waals surface area contributed by atoms with Crippen LogP contribution in [0.2, 0.25) is 0 Å². The van der Waals surface area contributed by atoms with Gasteiger partial charge in [-0.05, 0) is 12.1 Å². The summed E-state index contributed by atoms with van der Waals surface area (Å²) in [7, 11) is 0. The molecule has 0 unspecified atom stereocenters. The summed E-state index contributed by atoms with van der Waals surface area (Å²) in [5, 5.41) is 7.68. The Morgan fingerprint density at radius 1 is 1.39 bits per heavy atom. The molecular formula is C12H11N5O. The Balaban J connectivity index is 1.88. The topological polar surface area (TPSA) is 76.5 Å². The van der Waals surface area contributed by atoms with E-state index in [1.54, 1.807) is 10.9 Å². The van der Waals surface area contributed by atoms with E-state index in [4.69, 9.17) is 0 Å². The number of Topliss-reactive ketones (excluding diaryl/α,β-unsaturated/α-hetero) is 1. The number of nitrogens with one attached hydrogen (secondary N) is 1. The number of nitrogens with zero attached hydrogens (tertiary/aromatic N) is 4. The molecule has 90 valence electrons. The number of benzene rings is 1. The van der Waals surface area contributed by atoms with E-state index in [0.717, 1.165) is 16.9 Å². The van der Waals surface area contributed by atoms with E-state index in [9.17, 15) is 4.79 Å². The van der Waals surface area contributed by atoms with Gasteiger partial charge in [-0.15, -0.1) is 5.10 Å². The van der Waals surface area contributed by atoms with Crippen LogP contribution < -0.4 is 0 Å². The number of para-hydroxylation sites is 2. The molecule has 18 heavy (non-hydrogen) atoms. The van der Waals surface area contributed by atoms with Crippen molar-refractivity contribution in [2.45, 2.75) is 13.5 Å². The van der Waals surface area contributed by atoms with Crippen LogP contribution in [0.25, 0.3) is 11.0 Å². The van der Waals surface area contributed by atoms with Gasteiger partial charge in [-0.1, -0.05) is 17.3 Å². The Labute approximate surface area is 103 Å². The van der Waals surface area contributed by atoms with Crippen molar-refractivity contribution in [3.8, 4) is 0 Å². The zero-order valence-electron chi connectivity index (χ0n) is 9.79. The number of hydrogen-bond donors (Lipinski definition) is 1. The van der Waals surface area contributed by atoms with E-state index in [0.29, 0.717) is 12.2 Å². The van der Waals surface area contributed by atoms with Gasteiger partial charge in [0.15, 0.2) is 5.78 Å². The van der Waals surface area contributed by atoms with E-state index in [2.05, 4.69) is 20.3 Å². The summed E-state index contributed by atoms with van der Waals surface area (Å²) < 4.78 is 1.59. The van der Waals surface area contributed by atoms with Gasteiger partial charge >= 0.3 is 0 Å². The molecule has 2 heterocycles. The highest BCUT2D eigenvalue weighted by atomic mass is 16.1. The van der Waals surface area contributed by atoms with Gasteiger partial charge < -0.3 is 4.98 Å². The maximum absolute atomic E-state index is 11.1. The number of carbonyl (C=O) groups excluding carboxylic acids is 1. The lowest BCUT2D eigenvalue weighted by molar-refractivity contribution is 0.101. The van der Waals surface area contributed by atoms with Gasteiger partial charge in [0.1, 0.15) is 18.1 Å². The lowest BCUT2D eigenvalue weighted by atomic mass is 10.3. The molecule has 6 heteroatoms. The monoisotopic (exact) mass is 241 g/mol. The van der Waals surface area contributed by atoms with Crippen molar-refractivity contribution in [1.29, 1.82) is 0 Å². The smallest absolute Gasteiger partial charge is 0.181 e. The van der Waals surface area contributed by atoms with Crippen LogP contribution in [-0.2, 0) is 6.54 Å². The minimum absolute atomic E-state index is 0.0918. The molecular weight excluding hydrogens is 230 g/mol. The van der Waals surface area contributed by atoms with Crippen LogP contribution in [0.5, 0.6) is 0 Å². The third-order valence-corrected chi connectivity index (χ3v) is 2.65. The van der Waals surface area contributed by atoms with Crippen LogP contribution in [-0.4, -0.2) is 30.7 Å². The quantitative estimate of drug-likeness (QED) is 0.703. The van der Waals surface area contributed by atoms with E-state index in [1.165, 1.54) is 6.92 Å². The number of aromatic amines is 1. The standard InChI is InChI=1S/C12H11N5O/c1-8(18)11-6-17(16-15-11)7-12-13-9-4-2-3-5-10(9)14-12/h2-6H,7H2,1H3,(H,13,14). The van der Waals surface area contributed by atoms with Crippen molar-refractivity contribution in [1.82, 2.24) is 25.0 Å². The van der Waals surface area contributed by atoms with Gasteiger partial charge in [-0.25, -0.2) is 9.67 Å². The van der Waals surface area contributed by atoms with Crippen molar-refractivity contribution in [2.75, 3.05) is 0 Å². The van der Waals surface area contributed by atoms with Gasteiger partial charge in [0.2, 0.25) is 0 Å². The van der Waals surface area contributed by atoms with Gasteiger partial charge in [0.25, 0.3) is 0 Å². The second kappa shape index (κ2) is 4.06. The molecule has 0 aliphatic heterocycles. The summed E-state index contributed by atoms with van der Waals surface area (Å²) in [5.41, 5.74) is 2.27. The molecule has 0 saturated carbocycles. The summed E-state index contributed by atoms with van der Waals surface area (Å²) in [6.45, 7) is 1.94. The van der Waals surface area contributed by atoms with E-state index < -0.39 is 0 Å². The highest BCUT2D eigenvalue weighted by Gasteiger charge is 2.07. The first-order valence-electron chi connectivity index (χ1n) is 5.57. The third kappa shape index (κ3) is 1.88. The third-order valence-electron chi connectivity index (χ3n) is 2.65. The minimum Gasteiger partial charge on any atom is -0.340 e. The first-order chi connectivity index (χ1) is 8.72. The molecule has 0 spiro atoms. The summed E-state index contributed by atoms with van der Waals surface area (Å²) in [4.78, 5) is 18.7. The number of rotatable bonds is 3. The normalized spacial score (nSPS) is 10.9. The first kappa shape index (κ1) is 10.6. The fraction of sp³-hybridized carbons (Fsp3) is 0.167. The molecule has 3 rings (SSSR count). The zero-order valence-corrected chi connectivity index (χ0v) is 9.79. The van der Waals surface area contributed by atoms with Crippen LogP contribution in [0, 0.1) is 0 Å². The molecule has 0 radical (unpaired) electrons. The van der Waals surface area contributed by atoms with Crippen LogP contribution in [0.4, 0.5) is 0 Å². The fourth-order valence-corrected chi connectivity index (χ4v) is 1.77. The van der Waals surface area contributed by atoms with Gasteiger partial charge in [-0.3, -0.25) is 4.79 Å². The van der Waals surface area contributed by atoms with Gasteiger partial charge in [0, 0.05) is 6.92 Å². The Morgan fingerprint density at radius 3 is 2.94 bits per heavy atom. The van der Waals surface area contributed by atoms with Crippen LogP contribution in [0.15, 0.2) is 30.5 Å². The molecule has 0 amide bonds. The molecule has 1 aromatic carbocycles. The lowest BCUT2D eigenvalue weighted by Crippen LogP contribution is -2.02. The van der Waals surface area contributed by atoms with E-state index >= 15 is 0 Å². The SMILES string of the molecule is CC(=O)c1cn(Cc2nc3ccccc3[nH]2)nn1. The molecule has 0 atom stereocenters. The Kier molecular flexibility index (Phi) is 2.40. The molecule has 0 fully saturated rings. The number of hydrogen-bond acceptors (Lipinski definition) is 4. The zero-order chi connectivity index (χ0) is 12.5. The Morgan fingerprint density at radius 2 is 2.22 bits per heavy atom. The van der Waals surface area contributed by atoms with Gasteiger partial charge in [0.05, 0.1) is 17.2 Å². The first-order valence-corrected chi connectivity index (χ1v) is 5.57. The average Bonchev–Trinajstić information content (AvgIpc) is 2.94. The van der Waals surface area contributed by atoms with E-state index in [-0.39, 0.29) is 5.78 Å². The number of imidazole rings is 1. The summed E-state index contributed by atoms with van der Waals surface area (Å²) in [6.07, 6.45) is 1.62. The predicted octanol–water partition coefficient (Wildman–Crippen LogP) is 1.41. The van der Waals surface area contributed by atoms with Crippen LogP contribution >= 0.6 is 0 Å². The largest absolute Gasteiger partial charge is 0.340 e. The predicted molar refractivity (Wildman–Crippen MR) is 65.2 cm³/mol. The summed E-state index contributed by atoms with van der Waals surface area (Å²) in [6, 6.07) is 7.80. The highest BCUT2D eigenvalue weighted by Crippen LogP contribution is 2.10. The molecule has 3 aromatic rings. The second-order valence-electron chi connectivity index (χ2n) is 4.06. The maximum Gasteiger partial charge on any atom is 0.181 e. The van der Waals surface area contributed by atoms with Crippen molar-refractivity contribution < 1.29 is 4.79 Å². The maximum atomic E-state index is 11.1. The van der Waals surface area contributed by atoms with Crippen LogP contribution in [0.3, 0.4) is 0 Å². The molecule has 1 N–H and O–H groups in total. The molecule has 0 saturated heterocycles. The highest BCUT2D eigenvalue weighted by molar-refractivity contribution is 5.91. The average molecular weight is 241 g/mol. The number of ketones is 1. The number of H-pyrrole nitrogens is 1. The molecule has 0 aliphatic rings. The Hall–Kier alpha value is -2.50. The summed E-state index contributed by atoms with van der Waals surface area (Å²) >= 11 is 0. The van der Waals surface area contributed by atoms with Crippen molar-refractivity contribution in [2.24, 2.45) is 0 Å². The summed E-state index contributed by atoms with van der Waals surface area (Å²) in [5.74, 6) is 0.696. The number of fused-ring (bicyclic) bond motifs is 1. The van der Waals surface area contributed by atoms with E-state index in [1.807, 2.05) is 24.3 Å². The molecule has 0 bridgehead atoms. The van der Waals surface area contributed by atoms with Crippen molar-refractivity contribution >= 4 is 16.8 Å². The minimum atomic E-state index is -0.0918. The van der Waals surface area contributed by atoms with Crippen LogP contribution in [0.1, 0.15) is 23.2 Å².